The van der Waals surface area contributed by atoms with E-state index in [4.69, 9.17) is 0 Å². The molecule has 0 fully saturated rings. The lowest BCUT2D eigenvalue weighted by Gasteiger charge is -2.14. The van der Waals surface area contributed by atoms with Gasteiger partial charge < -0.3 is 4.79 Å². The van der Waals surface area contributed by atoms with Crippen LogP contribution in [0.4, 0.5) is 0 Å². The topological polar surface area (TPSA) is 30.0 Å². The van der Waals surface area contributed by atoms with Crippen LogP contribution in [0.25, 0.3) is 6.08 Å². The summed E-state index contributed by atoms with van der Waals surface area (Å²) in [6, 6.07) is 0. The van der Waals surface area contributed by atoms with Gasteiger partial charge in [0.05, 0.1) is 10.7 Å². The average Bonchev–Trinajstić information content (AvgIpc) is 2.61. The fraction of sp³-hybridized carbons (Fsp3) is 0.500. The molecule has 0 aromatic carbocycles. The minimum atomic E-state index is 0.0704. The van der Waals surface area contributed by atoms with Gasteiger partial charge in [-0.15, -0.1) is 11.3 Å². The van der Waals surface area contributed by atoms with Crippen LogP contribution in [0.5, 0.6) is 0 Å². The zero-order valence-corrected chi connectivity index (χ0v) is 10.5. The highest BCUT2D eigenvalue weighted by Crippen LogP contribution is 2.21. The summed E-state index contributed by atoms with van der Waals surface area (Å²) in [6.07, 6.45) is 3.07. The zero-order valence-electron chi connectivity index (χ0n) is 9.65. The van der Waals surface area contributed by atoms with Crippen LogP contribution in [-0.4, -0.2) is 11.3 Å². The van der Waals surface area contributed by atoms with Crippen LogP contribution < -0.4 is 0 Å². The lowest BCUT2D eigenvalue weighted by molar-refractivity contribution is -0.111. The third-order valence-electron chi connectivity index (χ3n) is 2.73. The van der Waals surface area contributed by atoms with Gasteiger partial charge in [-0.25, -0.2) is 4.98 Å². The summed E-state index contributed by atoms with van der Waals surface area (Å²) >= 11 is 1.65. The second-order valence-electron chi connectivity index (χ2n) is 3.96. The maximum Gasteiger partial charge on any atom is 0.123 e. The van der Waals surface area contributed by atoms with Crippen molar-refractivity contribution in [2.24, 2.45) is 11.8 Å². The van der Waals surface area contributed by atoms with Gasteiger partial charge in [0.15, 0.2) is 0 Å². The smallest absolute Gasteiger partial charge is 0.123 e. The lowest BCUT2D eigenvalue weighted by atomic mass is 9.90. The highest BCUT2D eigenvalue weighted by atomic mass is 32.1. The number of hydrogen-bond acceptors (Lipinski definition) is 3. The third-order valence-corrected chi connectivity index (χ3v) is 3.53. The molecule has 0 bridgehead atoms. The Bertz CT molecular complexity index is 367. The summed E-state index contributed by atoms with van der Waals surface area (Å²) in [6.45, 7) is 8.07. The van der Waals surface area contributed by atoms with Crippen molar-refractivity contribution in [2.75, 3.05) is 0 Å². The summed E-state index contributed by atoms with van der Waals surface area (Å²) in [7, 11) is 0. The van der Waals surface area contributed by atoms with E-state index < -0.39 is 0 Å². The van der Waals surface area contributed by atoms with Crippen LogP contribution in [0.1, 0.15) is 31.5 Å². The fourth-order valence-electron chi connectivity index (χ4n) is 1.34. The quantitative estimate of drug-likeness (QED) is 0.733. The largest absolute Gasteiger partial charge is 0.303 e. The van der Waals surface area contributed by atoms with Gasteiger partial charge in [-0.3, -0.25) is 0 Å². The summed E-state index contributed by atoms with van der Waals surface area (Å²) in [5.74, 6) is 0.352. The number of thiazole rings is 1. The van der Waals surface area contributed by atoms with Gasteiger partial charge in [0.25, 0.3) is 0 Å². The Kier molecular flexibility index (Phi) is 4.21. The SMILES string of the molecule is C/C(=C\c1csc(C)n1)C(C)C(C)C=O. The van der Waals surface area contributed by atoms with Gasteiger partial charge >= 0.3 is 0 Å². The van der Waals surface area contributed by atoms with E-state index in [-0.39, 0.29) is 11.8 Å². The highest BCUT2D eigenvalue weighted by Gasteiger charge is 2.12. The van der Waals surface area contributed by atoms with E-state index in [9.17, 15) is 4.79 Å². The number of hydrogen-bond donors (Lipinski definition) is 0. The average molecular weight is 223 g/mol. The number of aryl methyl sites for hydroxylation is 1. The summed E-state index contributed by atoms with van der Waals surface area (Å²) in [5.41, 5.74) is 2.21. The Morgan fingerprint density at radius 2 is 2.20 bits per heavy atom. The normalized spacial score (nSPS) is 16.1. The number of rotatable bonds is 4. The van der Waals surface area contributed by atoms with Crippen molar-refractivity contribution < 1.29 is 4.79 Å². The van der Waals surface area contributed by atoms with Gasteiger partial charge in [-0.05, 0) is 25.8 Å². The fourth-order valence-corrected chi connectivity index (χ4v) is 1.91. The molecule has 0 aliphatic heterocycles. The molecular weight excluding hydrogens is 206 g/mol. The van der Waals surface area contributed by atoms with Crippen LogP contribution in [0.3, 0.4) is 0 Å². The van der Waals surface area contributed by atoms with Crippen molar-refractivity contribution in [2.45, 2.75) is 27.7 Å². The predicted octanol–water partition coefficient (Wildman–Crippen LogP) is 3.33. The first kappa shape index (κ1) is 12.1. The van der Waals surface area contributed by atoms with Crippen LogP contribution in [-0.2, 0) is 4.79 Å². The molecule has 0 saturated heterocycles. The first-order valence-corrected chi connectivity index (χ1v) is 5.98. The molecule has 0 amide bonds. The van der Waals surface area contributed by atoms with E-state index in [1.807, 2.05) is 19.2 Å². The van der Waals surface area contributed by atoms with Crippen LogP contribution in [0, 0.1) is 18.8 Å². The Morgan fingerprint density at radius 1 is 1.53 bits per heavy atom. The zero-order chi connectivity index (χ0) is 11.4. The van der Waals surface area contributed by atoms with Crippen LogP contribution in [0.2, 0.25) is 0 Å². The van der Waals surface area contributed by atoms with Crippen molar-refractivity contribution in [1.82, 2.24) is 4.98 Å². The number of aldehydes is 1. The van der Waals surface area contributed by atoms with E-state index in [0.717, 1.165) is 17.0 Å². The molecule has 15 heavy (non-hydrogen) atoms. The Hall–Kier alpha value is -0.960. The molecule has 82 valence electrons. The Labute approximate surface area is 95.0 Å². The number of carbonyl (C=O) groups is 1. The predicted molar refractivity (Wildman–Crippen MR) is 64.9 cm³/mol. The van der Waals surface area contributed by atoms with Gasteiger partial charge in [0.1, 0.15) is 6.29 Å². The van der Waals surface area contributed by atoms with Crippen molar-refractivity contribution in [3.8, 4) is 0 Å². The molecule has 0 N–H and O–H groups in total. The van der Waals surface area contributed by atoms with Crippen molar-refractivity contribution in [3.63, 3.8) is 0 Å². The van der Waals surface area contributed by atoms with E-state index in [2.05, 4.69) is 24.9 Å². The van der Waals surface area contributed by atoms with Crippen molar-refractivity contribution in [3.05, 3.63) is 21.7 Å². The molecule has 2 unspecified atom stereocenters. The molecule has 2 nitrogen and oxygen atoms in total. The Balaban J connectivity index is 2.79. The minimum Gasteiger partial charge on any atom is -0.303 e. The molecule has 0 spiro atoms. The lowest BCUT2D eigenvalue weighted by Crippen LogP contribution is -2.10. The van der Waals surface area contributed by atoms with Crippen molar-refractivity contribution >= 4 is 23.7 Å². The first-order chi connectivity index (χ1) is 7.04. The number of aromatic nitrogens is 1. The molecule has 1 rings (SSSR count). The summed E-state index contributed by atoms with van der Waals surface area (Å²) in [5, 5.41) is 3.11. The van der Waals surface area contributed by atoms with Gasteiger partial charge in [-0.2, -0.15) is 0 Å². The third kappa shape index (κ3) is 3.27. The molecule has 0 radical (unpaired) electrons. The van der Waals surface area contributed by atoms with Crippen LogP contribution >= 0.6 is 11.3 Å². The van der Waals surface area contributed by atoms with Gasteiger partial charge in [-0.1, -0.05) is 19.4 Å². The second kappa shape index (κ2) is 5.21. The van der Waals surface area contributed by atoms with E-state index in [1.54, 1.807) is 11.3 Å². The van der Waals surface area contributed by atoms with Crippen molar-refractivity contribution in [1.29, 1.82) is 0 Å². The molecular formula is C12H17NOS. The van der Waals surface area contributed by atoms with Gasteiger partial charge in [0.2, 0.25) is 0 Å². The molecule has 1 heterocycles. The maximum absolute atomic E-state index is 10.7. The number of nitrogens with zero attached hydrogens (tertiary/aromatic N) is 1. The summed E-state index contributed by atoms with van der Waals surface area (Å²) < 4.78 is 0. The number of allylic oxidation sites excluding steroid dienone is 1. The van der Waals surface area contributed by atoms with Gasteiger partial charge in [0, 0.05) is 11.3 Å². The monoisotopic (exact) mass is 223 g/mol. The minimum absolute atomic E-state index is 0.0704. The maximum atomic E-state index is 10.7. The first-order valence-electron chi connectivity index (χ1n) is 5.10. The Morgan fingerprint density at radius 3 is 2.67 bits per heavy atom. The molecule has 0 saturated carbocycles. The molecule has 2 atom stereocenters. The van der Waals surface area contributed by atoms with E-state index in [0.29, 0.717) is 0 Å². The molecule has 0 aliphatic rings. The molecule has 3 heteroatoms. The van der Waals surface area contributed by atoms with E-state index >= 15 is 0 Å². The molecule has 0 aliphatic carbocycles. The summed E-state index contributed by atoms with van der Waals surface area (Å²) in [4.78, 5) is 15.0. The molecule has 1 aromatic rings. The van der Waals surface area contributed by atoms with E-state index in [1.165, 1.54) is 5.57 Å². The second-order valence-corrected chi connectivity index (χ2v) is 5.03. The number of carbonyl (C=O) groups excluding carboxylic acids is 1. The molecule has 1 aromatic heterocycles. The van der Waals surface area contributed by atoms with Crippen LogP contribution in [0.15, 0.2) is 11.0 Å². The highest BCUT2D eigenvalue weighted by molar-refractivity contribution is 7.09. The standard InChI is InChI=1S/C12H17NOS/c1-8(10(3)9(2)6-14)5-12-7-15-11(4)13-12/h5-7,9-10H,1-4H3/b8-5+.